The molecule has 2 aliphatic rings. The van der Waals surface area contributed by atoms with E-state index in [-0.39, 0.29) is 28.4 Å². The number of nitrogens with two attached hydrogens (primary N) is 1. The maximum atomic E-state index is 12.7. The van der Waals surface area contributed by atoms with Crippen molar-refractivity contribution in [1.82, 2.24) is 5.32 Å². The summed E-state index contributed by atoms with van der Waals surface area (Å²) in [7, 11) is 0. The predicted molar refractivity (Wildman–Crippen MR) is 91.6 cm³/mol. The lowest BCUT2D eigenvalue weighted by Gasteiger charge is -2.48. The van der Waals surface area contributed by atoms with E-state index >= 15 is 0 Å². The van der Waals surface area contributed by atoms with E-state index in [1.54, 1.807) is 18.2 Å². The van der Waals surface area contributed by atoms with Crippen molar-refractivity contribution in [2.75, 3.05) is 13.1 Å². The number of carbonyl (C=O) groups is 1. The van der Waals surface area contributed by atoms with Crippen molar-refractivity contribution in [1.29, 1.82) is 0 Å². The lowest BCUT2D eigenvalue weighted by Crippen LogP contribution is -2.60. The molecule has 0 amide bonds. The van der Waals surface area contributed by atoms with E-state index in [4.69, 9.17) is 5.73 Å². The van der Waals surface area contributed by atoms with Crippen LogP contribution in [0.2, 0.25) is 0 Å². The molecule has 4 N–H and O–H groups in total. The van der Waals surface area contributed by atoms with Crippen molar-refractivity contribution >= 4 is 5.78 Å². The van der Waals surface area contributed by atoms with Gasteiger partial charge in [-0.05, 0) is 43.0 Å². The summed E-state index contributed by atoms with van der Waals surface area (Å²) >= 11 is 0. The molecule has 0 saturated carbocycles. The van der Waals surface area contributed by atoms with Crippen LogP contribution in [0, 0.1) is 18.3 Å². The number of benzene rings is 1. The van der Waals surface area contributed by atoms with Crippen LogP contribution in [-0.2, 0) is 0 Å². The van der Waals surface area contributed by atoms with Gasteiger partial charge in [-0.15, -0.1) is 0 Å². The third kappa shape index (κ3) is 2.50. The molecule has 0 bridgehead atoms. The summed E-state index contributed by atoms with van der Waals surface area (Å²) in [6, 6.07) is 4.91. The number of hydrogen-bond acceptors (Lipinski definition) is 4. The van der Waals surface area contributed by atoms with Crippen LogP contribution in [0.4, 0.5) is 0 Å². The number of phenolic OH excluding ortho intramolecular Hbond substituents is 1. The van der Waals surface area contributed by atoms with Crippen molar-refractivity contribution in [3.63, 3.8) is 0 Å². The highest BCUT2D eigenvalue weighted by Crippen LogP contribution is 2.48. The van der Waals surface area contributed by atoms with E-state index in [9.17, 15) is 9.90 Å². The smallest absolute Gasteiger partial charge is 0.167 e. The molecule has 23 heavy (non-hydrogen) atoms. The van der Waals surface area contributed by atoms with Gasteiger partial charge in [-0.25, -0.2) is 0 Å². The maximum Gasteiger partial charge on any atom is 0.167 e. The molecule has 1 heterocycles. The van der Waals surface area contributed by atoms with Crippen LogP contribution in [0.25, 0.3) is 0 Å². The minimum absolute atomic E-state index is 0.0629. The first-order valence-electron chi connectivity index (χ1n) is 8.28. The van der Waals surface area contributed by atoms with Crippen molar-refractivity contribution in [3.8, 4) is 5.75 Å². The zero-order valence-electron chi connectivity index (χ0n) is 14.1. The first-order chi connectivity index (χ1) is 10.8. The van der Waals surface area contributed by atoms with Gasteiger partial charge >= 0.3 is 0 Å². The van der Waals surface area contributed by atoms with Crippen molar-refractivity contribution in [2.45, 2.75) is 39.2 Å². The first-order valence-corrected chi connectivity index (χ1v) is 8.28. The minimum atomic E-state index is -0.290. The number of ketones is 1. The van der Waals surface area contributed by atoms with Crippen LogP contribution >= 0.6 is 0 Å². The van der Waals surface area contributed by atoms with Gasteiger partial charge in [0.05, 0.1) is 0 Å². The molecule has 1 saturated heterocycles. The number of rotatable bonds is 3. The second kappa shape index (κ2) is 5.46. The molecular weight excluding hydrogens is 288 g/mol. The second-order valence-corrected chi connectivity index (χ2v) is 7.51. The van der Waals surface area contributed by atoms with Gasteiger partial charge < -0.3 is 16.2 Å². The number of aromatic hydroxyl groups is 1. The first kappa shape index (κ1) is 16.2. The van der Waals surface area contributed by atoms with E-state index in [0.29, 0.717) is 12.0 Å². The Morgan fingerprint density at radius 2 is 2.17 bits per heavy atom. The van der Waals surface area contributed by atoms with Crippen LogP contribution in [0.5, 0.6) is 5.75 Å². The summed E-state index contributed by atoms with van der Waals surface area (Å²) in [6.45, 7) is 7.97. The van der Waals surface area contributed by atoms with Crippen molar-refractivity contribution < 1.29 is 9.90 Å². The Hall–Kier alpha value is -1.65. The topological polar surface area (TPSA) is 75.3 Å². The molecule has 1 aromatic rings. The fourth-order valence-electron chi connectivity index (χ4n) is 4.19. The summed E-state index contributed by atoms with van der Waals surface area (Å²) in [6.07, 6.45) is 3.54. The molecule has 3 unspecified atom stereocenters. The quantitative estimate of drug-likeness (QED) is 0.592. The summed E-state index contributed by atoms with van der Waals surface area (Å²) in [5.41, 5.74) is 9.16. The normalized spacial score (nSPS) is 33.2. The van der Waals surface area contributed by atoms with Crippen LogP contribution in [0.15, 0.2) is 29.8 Å². The maximum absolute atomic E-state index is 12.7. The van der Waals surface area contributed by atoms with E-state index < -0.39 is 0 Å². The Kier molecular flexibility index (Phi) is 3.85. The molecule has 0 radical (unpaired) electrons. The van der Waals surface area contributed by atoms with Crippen molar-refractivity contribution in [3.05, 3.63) is 41.0 Å². The van der Waals surface area contributed by atoms with Gasteiger partial charge in [-0.1, -0.05) is 25.5 Å². The molecule has 3 atom stereocenters. The summed E-state index contributed by atoms with van der Waals surface area (Å²) in [5, 5.41) is 12.9. The van der Waals surface area contributed by atoms with Crippen LogP contribution in [0.1, 0.15) is 42.6 Å². The fourth-order valence-corrected chi connectivity index (χ4v) is 4.19. The van der Waals surface area contributed by atoms with Gasteiger partial charge in [0.2, 0.25) is 0 Å². The lowest BCUT2D eigenvalue weighted by molar-refractivity contribution is 0.0972. The molecular formula is C19H26N2O2. The highest BCUT2D eigenvalue weighted by molar-refractivity contribution is 5.99. The summed E-state index contributed by atoms with van der Waals surface area (Å²) in [5.74, 6) is 0.467. The SMILES string of the molecule is Cc1cc(O)ccc1C(=O)CC1=CCC2(C)CNCC2(N)C1C. The van der Waals surface area contributed by atoms with E-state index in [0.717, 1.165) is 30.6 Å². The Morgan fingerprint density at radius 3 is 2.87 bits per heavy atom. The molecule has 1 fully saturated rings. The number of carbonyl (C=O) groups excluding carboxylic acids is 1. The van der Waals surface area contributed by atoms with Gasteiger partial charge in [0.1, 0.15) is 5.75 Å². The number of Topliss-reactive ketones (excluding diaryl/α,β-unsaturated/α-hetero) is 1. The molecule has 4 heteroatoms. The predicted octanol–water partition coefficient (Wildman–Crippen LogP) is 2.55. The molecule has 1 aromatic carbocycles. The third-order valence-electron chi connectivity index (χ3n) is 6.08. The highest BCUT2D eigenvalue weighted by Gasteiger charge is 2.54. The second-order valence-electron chi connectivity index (χ2n) is 7.51. The Labute approximate surface area is 137 Å². The van der Waals surface area contributed by atoms with Gasteiger partial charge in [-0.2, -0.15) is 0 Å². The average molecular weight is 314 g/mol. The third-order valence-corrected chi connectivity index (χ3v) is 6.08. The Balaban J connectivity index is 1.83. The number of nitrogens with one attached hydrogen (secondary N) is 1. The highest BCUT2D eigenvalue weighted by atomic mass is 16.3. The number of aryl methyl sites for hydroxylation is 1. The zero-order valence-corrected chi connectivity index (χ0v) is 14.1. The zero-order chi connectivity index (χ0) is 16.8. The average Bonchev–Trinajstić information content (AvgIpc) is 2.79. The molecule has 0 spiro atoms. The Morgan fingerprint density at radius 1 is 1.43 bits per heavy atom. The van der Waals surface area contributed by atoms with Gasteiger partial charge in [0.15, 0.2) is 5.78 Å². The molecule has 4 nitrogen and oxygen atoms in total. The fraction of sp³-hybridized carbons (Fsp3) is 0.526. The largest absolute Gasteiger partial charge is 0.508 e. The number of phenols is 1. The van der Waals surface area contributed by atoms with Crippen LogP contribution < -0.4 is 11.1 Å². The molecule has 3 rings (SSSR count). The monoisotopic (exact) mass is 314 g/mol. The minimum Gasteiger partial charge on any atom is -0.508 e. The van der Waals surface area contributed by atoms with E-state index in [2.05, 4.69) is 25.2 Å². The van der Waals surface area contributed by atoms with Gasteiger partial charge in [0, 0.05) is 36.0 Å². The van der Waals surface area contributed by atoms with Crippen molar-refractivity contribution in [2.24, 2.45) is 17.1 Å². The summed E-state index contributed by atoms with van der Waals surface area (Å²) in [4.78, 5) is 12.7. The molecule has 1 aliphatic carbocycles. The number of allylic oxidation sites excluding steroid dienone is 1. The standard InChI is InChI=1S/C19H26N2O2/c1-12-8-15(22)4-5-16(12)17(23)9-14-6-7-18(3)10-21-11-19(18,20)13(14)2/h4-6,8,13,21-22H,7,9-11,20H2,1-3H3. The molecule has 124 valence electrons. The van der Waals surface area contributed by atoms with Gasteiger partial charge in [0.25, 0.3) is 0 Å². The van der Waals surface area contributed by atoms with Crippen LogP contribution in [0.3, 0.4) is 0 Å². The molecule has 0 aromatic heterocycles. The van der Waals surface area contributed by atoms with E-state index in [1.807, 2.05) is 6.92 Å². The number of hydrogen-bond donors (Lipinski definition) is 3. The van der Waals surface area contributed by atoms with Gasteiger partial charge in [-0.3, -0.25) is 4.79 Å². The summed E-state index contributed by atoms with van der Waals surface area (Å²) < 4.78 is 0. The lowest BCUT2D eigenvalue weighted by atomic mass is 9.60. The Bertz CT molecular complexity index is 682. The number of fused-ring (bicyclic) bond motifs is 1. The molecule has 1 aliphatic heterocycles. The van der Waals surface area contributed by atoms with Crippen LogP contribution in [-0.4, -0.2) is 29.5 Å². The van der Waals surface area contributed by atoms with E-state index in [1.165, 1.54) is 0 Å².